The minimum Gasteiger partial charge on any atom is -0.508 e. The van der Waals surface area contributed by atoms with Crippen molar-refractivity contribution in [1.82, 2.24) is 24.8 Å². The maximum atomic E-state index is 17.3. The first-order valence-electron chi connectivity index (χ1n) is 18.5. The normalized spacial score (nSPS) is 20.9. The summed E-state index contributed by atoms with van der Waals surface area (Å²) in [5, 5.41) is 11.5. The van der Waals surface area contributed by atoms with E-state index in [1.165, 1.54) is 31.4 Å². The molecule has 2 aromatic heterocycles. The van der Waals surface area contributed by atoms with Gasteiger partial charge in [0.1, 0.15) is 40.2 Å². The minimum absolute atomic E-state index is 0.00732. The van der Waals surface area contributed by atoms with E-state index in [0.717, 1.165) is 32.2 Å². The summed E-state index contributed by atoms with van der Waals surface area (Å²) in [6.45, 7) is 3.27. The Morgan fingerprint density at radius 3 is 2.44 bits per heavy atom. The zero-order valence-electron chi connectivity index (χ0n) is 30.1. The monoisotopic (exact) mass is 738 g/mol. The van der Waals surface area contributed by atoms with Crippen LogP contribution in [0.25, 0.3) is 32.9 Å². The number of fused-ring (bicyclic) bond motifs is 4. The highest BCUT2D eigenvalue weighted by atomic mass is 19.1. The first-order chi connectivity index (χ1) is 26.1. The summed E-state index contributed by atoms with van der Waals surface area (Å²) in [5.74, 6) is 3.55. The van der Waals surface area contributed by atoms with Crippen molar-refractivity contribution in [3.05, 3.63) is 41.5 Å². The number of rotatable bonds is 10. The zero-order chi connectivity index (χ0) is 37.7. The molecule has 4 aliphatic rings. The predicted octanol–water partition coefficient (Wildman–Crippen LogP) is 6.00. The summed E-state index contributed by atoms with van der Waals surface area (Å²) in [6.07, 6.45) is 15.5. The van der Waals surface area contributed by atoms with E-state index in [-0.39, 0.29) is 87.2 Å². The van der Waals surface area contributed by atoms with Gasteiger partial charge in [-0.2, -0.15) is 9.97 Å². The van der Waals surface area contributed by atoms with Gasteiger partial charge in [-0.15, -0.1) is 18.8 Å². The third kappa shape index (κ3) is 6.49. The van der Waals surface area contributed by atoms with Gasteiger partial charge in [0, 0.05) is 74.0 Å². The number of methoxy groups -OCH3 is 1. The number of phenolic OH excluding ortho intramolecular Hbond substituents is 1. The lowest BCUT2D eigenvalue weighted by Gasteiger charge is -2.42. The Labute approximate surface area is 311 Å². The molecule has 280 valence electrons. The van der Waals surface area contributed by atoms with E-state index >= 15 is 8.78 Å². The quantitative estimate of drug-likeness (QED) is 0.196. The van der Waals surface area contributed by atoms with Crippen molar-refractivity contribution in [3.63, 3.8) is 0 Å². The van der Waals surface area contributed by atoms with Crippen LogP contribution in [0, 0.1) is 41.7 Å². The maximum absolute atomic E-state index is 17.3. The molecule has 2 aromatic carbocycles. The number of nitrogens with zero attached hydrogens (tertiary/aromatic N) is 6. The van der Waals surface area contributed by atoms with Crippen molar-refractivity contribution in [2.75, 3.05) is 51.3 Å². The van der Waals surface area contributed by atoms with Crippen molar-refractivity contribution >= 4 is 33.4 Å². The number of piperidine rings is 1. The fourth-order valence-electron chi connectivity index (χ4n) is 8.54. The number of benzene rings is 2. The SMILES string of the molecule is C#CCCC(=O)N1C2CCC1CN(c1nc(OCC3(CN4CCC(F)CC4)CC3)nc3c(F)c(-c4cc(O)cc5ccc(F)c(C#C)c45)nc(OC)c13)C2. The summed E-state index contributed by atoms with van der Waals surface area (Å²) < 4.78 is 58.3. The van der Waals surface area contributed by atoms with E-state index in [0.29, 0.717) is 56.6 Å². The number of hydrogen-bond acceptors (Lipinski definition) is 9. The number of carbonyl (C=O) groups excluding carboxylic acids is 1. The van der Waals surface area contributed by atoms with Crippen LogP contribution in [0.2, 0.25) is 0 Å². The summed E-state index contributed by atoms with van der Waals surface area (Å²) in [5.41, 5.74) is -0.589. The van der Waals surface area contributed by atoms with Crippen LogP contribution < -0.4 is 14.4 Å². The van der Waals surface area contributed by atoms with Crippen LogP contribution in [0.5, 0.6) is 17.6 Å². The number of likely N-dealkylation sites (tertiary alicyclic amines) is 1. The molecule has 4 fully saturated rings. The second-order valence-corrected chi connectivity index (χ2v) is 15.0. The number of amides is 1. The minimum atomic E-state index is -0.861. The predicted molar refractivity (Wildman–Crippen MR) is 198 cm³/mol. The molecule has 1 amide bonds. The third-order valence-corrected chi connectivity index (χ3v) is 11.5. The summed E-state index contributed by atoms with van der Waals surface area (Å²) in [4.78, 5) is 33.5. The van der Waals surface area contributed by atoms with Crippen LogP contribution in [0.3, 0.4) is 0 Å². The number of alkyl halides is 1. The molecule has 2 bridgehead atoms. The van der Waals surface area contributed by atoms with E-state index in [4.69, 9.17) is 27.3 Å². The third-order valence-electron chi connectivity index (χ3n) is 11.5. The van der Waals surface area contributed by atoms with Gasteiger partial charge in [-0.3, -0.25) is 4.79 Å². The highest BCUT2D eigenvalue weighted by Gasteiger charge is 2.46. The molecular formula is C41H41F3N6O4. The number of piperazine rings is 1. The zero-order valence-corrected chi connectivity index (χ0v) is 30.1. The number of phenols is 1. The smallest absolute Gasteiger partial charge is 0.319 e. The molecule has 13 heteroatoms. The van der Waals surface area contributed by atoms with E-state index in [1.807, 2.05) is 9.80 Å². The highest BCUT2D eigenvalue weighted by Crippen LogP contribution is 2.48. The van der Waals surface area contributed by atoms with Crippen molar-refractivity contribution in [2.45, 2.75) is 69.6 Å². The summed E-state index contributed by atoms with van der Waals surface area (Å²) >= 11 is 0. The van der Waals surface area contributed by atoms with Gasteiger partial charge in [0.05, 0.1) is 19.3 Å². The number of halogens is 3. The number of carbonyl (C=O) groups is 1. The topological polar surface area (TPSA) is 104 Å². The average Bonchev–Trinajstić information content (AvgIpc) is 3.89. The Morgan fingerprint density at radius 1 is 1.04 bits per heavy atom. The first kappa shape index (κ1) is 35.7. The maximum Gasteiger partial charge on any atom is 0.319 e. The lowest BCUT2D eigenvalue weighted by atomic mass is 9.95. The van der Waals surface area contributed by atoms with Crippen LogP contribution in [0.1, 0.15) is 56.9 Å². The number of pyridine rings is 1. The van der Waals surface area contributed by atoms with Crippen molar-refractivity contribution in [2.24, 2.45) is 5.41 Å². The van der Waals surface area contributed by atoms with E-state index in [2.05, 4.69) is 26.7 Å². The van der Waals surface area contributed by atoms with Gasteiger partial charge < -0.3 is 29.3 Å². The van der Waals surface area contributed by atoms with Gasteiger partial charge >= 0.3 is 6.01 Å². The number of anilines is 1. The second kappa shape index (κ2) is 14.2. The van der Waals surface area contributed by atoms with E-state index < -0.39 is 17.8 Å². The highest BCUT2D eigenvalue weighted by molar-refractivity contribution is 6.04. The lowest BCUT2D eigenvalue weighted by molar-refractivity contribution is -0.134. The molecule has 54 heavy (non-hydrogen) atoms. The Balaban J connectivity index is 1.23. The number of ether oxygens (including phenoxy) is 2. The summed E-state index contributed by atoms with van der Waals surface area (Å²) in [7, 11) is 1.40. The molecule has 4 aromatic rings. The fraction of sp³-hybridized carbons (Fsp3) is 0.463. The number of aromatic hydroxyl groups is 1. The van der Waals surface area contributed by atoms with Crippen LogP contribution in [0.4, 0.5) is 19.0 Å². The fourth-order valence-corrected chi connectivity index (χ4v) is 8.54. The molecule has 2 unspecified atom stereocenters. The van der Waals surface area contributed by atoms with Crippen molar-refractivity contribution in [1.29, 1.82) is 0 Å². The number of aromatic nitrogens is 3. The van der Waals surface area contributed by atoms with Gasteiger partial charge in [0.15, 0.2) is 5.82 Å². The van der Waals surface area contributed by atoms with Crippen LogP contribution in [0.15, 0.2) is 24.3 Å². The number of hydrogen-bond donors (Lipinski definition) is 1. The van der Waals surface area contributed by atoms with Crippen molar-refractivity contribution < 1.29 is 32.5 Å². The largest absolute Gasteiger partial charge is 0.508 e. The molecule has 2 atom stereocenters. The van der Waals surface area contributed by atoms with Gasteiger partial charge in [0.2, 0.25) is 11.8 Å². The number of terminal acetylenes is 2. The van der Waals surface area contributed by atoms with E-state index in [1.54, 1.807) is 0 Å². The average molecular weight is 739 g/mol. The van der Waals surface area contributed by atoms with Crippen LogP contribution >= 0.6 is 0 Å². The second-order valence-electron chi connectivity index (χ2n) is 15.0. The molecule has 1 aliphatic carbocycles. The van der Waals surface area contributed by atoms with Gasteiger partial charge in [0.25, 0.3) is 0 Å². The Kier molecular flexibility index (Phi) is 9.39. The van der Waals surface area contributed by atoms with Gasteiger partial charge in [-0.05, 0) is 62.1 Å². The molecule has 1 saturated carbocycles. The summed E-state index contributed by atoms with van der Waals surface area (Å²) in [6, 6.07) is 5.10. The van der Waals surface area contributed by atoms with E-state index in [9.17, 15) is 14.3 Å². The molecule has 0 spiro atoms. The van der Waals surface area contributed by atoms with Crippen molar-refractivity contribution in [3.8, 4) is 53.6 Å². The Hall–Kier alpha value is -5.27. The Bertz CT molecular complexity index is 2210. The molecule has 10 nitrogen and oxygen atoms in total. The molecule has 5 heterocycles. The molecule has 3 saturated heterocycles. The lowest BCUT2D eigenvalue weighted by Crippen LogP contribution is -2.56. The molecular weight excluding hydrogens is 697 g/mol. The molecule has 8 rings (SSSR count). The standard InChI is InChI=1S/C41H41F3N6O4/c1-4-6-7-32(52)50-26-9-10-27(50)21-49(20-26)38-34-37(46-40(47-38)54-23-41(14-15-41)22-48-16-12-25(42)13-17-48)35(44)36(45-39(34)53-3)30-19-28(51)18-24-8-11-31(43)29(5-2)33(24)30/h1-2,8,11,18-19,25-27,51H,6-7,9-10,12-17,20-23H2,3H3. The Morgan fingerprint density at radius 2 is 1.78 bits per heavy atom. The van der Waals surface area contributed by atoms with Crippen LogP contribution in [-0.4, -0.2) is 100 Å². The van der Waals surface area contributed by atoms with Gasteiger partial charge in [-0.25, -0.2) is 18.2 Å². The van der Waals surface area contributed by atoms with Gasteiger partial charge in [-0.1, -0.05) is 12.0 Å². The first-order valence-corrected chi connectivity index (χ1v) is 18.5. The van der Waals surface area contributed by atoms with Crippen LogP contribution in [-0.2, 0) is 4.79 Å². The molecule has 3 aliphatic heterocycles. The molecule has 1 N–H and O–H groups in total. The molecule has 0 radical (unpaired) electrons.